The number of nitrogen functional groups attached to an aromatic ring is 1. The Hall–Kier alpha value is -1.18. The Balaban J connectivity index is 2.18. The highest BCUT2D eigenvalue weighted by molar-refractivity contribution is 7.89. The van der Waals surface area contributed by atoms with Crippen molar-refractivity contribution >= 4 is 15.7 Å². The number of halogens is 1. The molecular formula is C14H21FN2O3S. The van der Waals surface area contributed by atoms with E-state index < -0.39 is 15.8 Å². The van der Waals surface area contributed by atoms with Crippen LogP contribution < -0.4 is 5.73 Å². The van der Waals surface area contributed by atoms with Crippen molar-refractivity contribution in [3.8, 4) is 0 Å². The average Bonchev–Trinajstić information content (AvgIpc) is 2.44. The van der Waals surface area contributed by atoms with E-state index in [0.717, 1.165) is 31.4 Å². The fourth-order valence-electron chi connectivity index (χ4n) is 2.43. The largest absolute Gasteiger partial charge is 0.399 e. The summed E-state index contributed by atoms with van der Waals surface area (Å²) < 4.78 is 45.5. The minimum absolute atomic E-state index is 0.0978. The van der Waals surface area contributed by atoms with Gasteiger partial charge < -0.3 is 10.5 Å². The van der Waals surface area contributed by atoms with Crippen molar-refractivity contribution in [3.63, 3.8) is 0 Å². The van der Waals surface area contributed by atoms with Gasteiger partial charge in [0.15, 0.2) is 0 Å². The molecule has 1 atom stereocenters. The summed E-state index contributed by atoms with van der Waals surface area (Å²) in [6, 6.07) is 3.39. The molecule has 5 nitrogen and oxygen atoms in total. The second-order valence-electron chi connectivity index (χ2n) is 5.22. The summed E-state index contributed by atoms with van der Waals surface area (Å²) >= 11 is 0. The normalized spacial score (nSPS) is 20.6. The van der Waals surface area contributed by atoms with Gasteiger partial charge in [-0.25, -0.2) is 12.8 Å². The average molecular weight is 316 g/mol. The molecule has 0 aliphatic carbocycles. The maximum atomic E-state index is 13.4. The molecule has 1 saturated heterocycles. The van der Waals surface area contributed by atoms with Gasteiger partial charge in [0, 0.05) is 25.4 Å². The lowest BCUT2D eigenvalue weighted by molar-refractivity contribution is 0.0193. The molecule has 0 bridgehead atoms. The zero-order valence-electron chi connectivity index (χ0n) is 12.1. The molecule has 2 N–H and O–H groups in total. The van der Waals surface area contributed by atoms with E-state index in [2.05, 4.69) is 0 Å². The van der Waals surface area contributed by atoms with E-state index in [1.165, 1.54) is 10.4 Å². The third kappa shape index (κ3) is 3.93. The number of hydrogen-bond acceptors (Lipinski definition) is 4. The Bertz CT molecular complexity index is 572. The topological polar surface area (TPSA) is 72.6 Å². The first-order chi connectivity index (χ1) is 9.93. The standard InChI is InChI=1S/C14H21FN2O3S/c1-2-6-20-13-4-3-5-17(10-13)21(18,19)14-8-11(15)7-12(16)9-14/h7-9,13H,2-6,10,16H2,1H3. The Kier molecular flexibility index (Phi) is 5.18. The van der Waals surface area contributed by atoms with Crippen molar-refractivity contribution in [3.05, 3.63) is 24.0 Å². The van der Waals surface area contributed by atoms with Gasteiger partial charge in [0.2, 0.25) is 10.0 Å². The van der Waals surface area contributed by atoms with Crippen LogP contribution in [0.5, 0.6) is 0 Å². The molecule has 0 saturated carbocycles. The number of anilines is 1. The lowest BCUT2D eigenvalue weighted by Crippen LogP contribution is -2.43. The fraction of sp³-hybridized carbons (Fsp3) is 0.571. The van der Waals surface area contributed by atoms with Gasteiger partial charge in [0.1, 0.15) is 5.82 Å². The smallest absolute Gasteiger partial charge is 0.243 e. The van der Waals surface area contributed by atoms with E-state index in [4.69, 9.17) is 10.5 Å². The monoisotopic (exact) mass is 316 g/mol. The van der Waals surface area contributed by atoms with Crippen LogP contribution in [-0.4, -0.2) is 38.5 Å². The van der Waals surface area contributed by atoms with Gasteiger partial charge in [-0.15, -0.1) is 0 Å². The summed E-state index contributed by atoms with van der Waals surface area (Å²) in [6.07, 6.45) is 2.37. The molecule has 2 rings (SSSR count). The molecule has 0 aromatic heterocycles. The lowest BCUT2D eigenvalue weighted by atomic mass is 10.1. The quantitative estimate of drug-likeness (QED) is 0.843. The number of piperidine rings is 1. The fourth-order valence-corrected chi connectivity index (χ4v) is 4.00. The van der Waals surface area contributed by atoms with Gasteiger partial charge in [0.25, 0.3) is 0 Å². The highest BCUT2D eigenvalue weighted by Crippen LogP contribution is 2.24. The van der Waals surface area contributed by atoms with Crippen LogP contribution in [0.4, 0.5) is 10.1 Å². The van der Waals surface area contributed by atoms with Crippen molar-refractivity contribution in [1.82, 2.24) is 4.31 Å². The van der Waals surface area contributed by atoms with Crippen LogP contribution >= 0.6 is 0 Å². The minimum Gasteiger partial charge on any atom is -0.399 e. The Morgan fingerprint density at radius 1 is 1.43 bits per heavy atom. The van der Waals surface area contributed by atoms with Crippen LogP contribution in [-0.2, 0) is 14.8 Å². The van der Waals surface area contributed by atoms with Crippen LogP contribution in [0.25, 0.3) is 0 Å². The molecule has 1 aliphatic heterocycles. The van der Waals surface area contributed by atoms with Crippen molar-refractivity contribution < 1.29 is 17.5 Å². The summed E-state index contributed by atoms with van der Waals surface area (Å²) in [4.78, 5) is -0.101. The molecule has 1 heterocycles. The molecule has 1 aliphatic rings. The van der Waals surface area contributed by atoms with Crippen LogP contribution in [0.15, 0.2) is 23.1 Å². The first-order valence-electron chi connectivity index (χ1n) is 7.11. The van der Waals surface area contributed by atoms with Gasteiger partial charge in [-0.1, -0.05) is 6.92 Å². The van der Waals surface area contributed by atoms with Gasteiger partial charge in [-0.3, -0.25) is 0 Å². The summed E-state index contributed by atoms with van der Waals surface area (Å²) in [6.45, 7) is 3.35. The molecule has 1 fully saturated rings. The summed E-state index contributed by atoms with van der Waals surface area (Å²) in [5.41, 5.74) is 5.63. The lowest BCUT2D eigenvalue weighted by Gasteiger charge is -2.31. The van der Waals surface area contributed by atoms with E-state index in [1.807, 2.05) is 6.92 Å². The molecule has 1 aromatic rings. The van der Waals surface area contributed by atoms with Crippen molar-refractivity contribution in [1.29, 1.82) is 0 Å². The SMILES string of the molecule is CCCOC1CCCN(S(=O)(=O)c2cc(N)cc(F)c2)C1. The van der Waals surface area contributed by atoms with E-state index in [0.29, 0.717) is 19.7 Å². The van der Waals surface area contributed by atoms with Crippen LogP contribution in [0.2, 0.25) is 0 Å². The highest BCUT2D eigenvalue weighted by Gasteiger charge is 2.31. The summed E-state index contributed by atoms with van der Waals surface area (Å²) in [7, 11) is -3.73. The van der Waals surface area contributed by atoms with Gasteiger partial charge in [-0.05, 0) is 37.5 Å². The second-order valence-corrected chi connectivity index (χ2v) is 7.16. The summed E-state index contributed by atoms with van der Waals surface area (Å²) in [5.74, 6) is -0.649. The van der Waals surface area contributed by atoms with Crippen molar-refractivity contribution in [2.45, 2.75) is 37.2 Å². The molecule has 0 spiro atoms. The van der Waals surface area contributed by atoms with Crippen molar-refractivity contribution in [2.75, 3.05) is 25.4 Å². The highest BCUT2D eigenvalue weighted by atomic mass is 32.2. The number of sulfonamides is 1. The second kappa shape index (κ2) is 6.72. The first kappa shape index (κ1) is 16.2. The van der Waals surface area contributed by atoms with E-state index in [1.54, 1.807) is 0 Å². The number of benzene rings is 1. The number of hydrogen-bond donors (Lipinski definition) is 1. The van der Waals surface area contributed by atoms with E-state index >= 15 is 0 Å². The predicted octanol–water partition coefficient (Wildman–Crippen LogP) is 1.99. The molecular weight excluding hydrogens is 295 g/mol. The maximum absolute atomic E-state index is 13.4. The first-order valence-corrected chi connectivity index (χ1v) is 8.55. The zero-order valence-corrected chi connectivity index (χ0v) is 12.9. The number of rotatable bonds is 5. The molecule has 0 radical (unpaired) electrons. The molecule has 118 valence electrons. The number of nitrogens with zero attached hydrogens (tertiary/aromatic N) is 1. The van der Waals surface area contributed by atoms with Crippen molar-refractivity contribution in [2.24, 2.45) is 0 Å². The van der Waals surface area contributed by atoms with E-state index in [-0.39, 0.29) is 16.7 Å². The molecule has 1 unspecified atom stereocenters. The third-order valence-electron chi connectivity index (χ3n) is 3.43. The molecule has 0 amide bonds. The predicted molar refractivity (Wildman–Crippen MR) is 78.8 cm³/mol. The van der Waals surface area contributed by atoms with E-state index in [9.17, 15) is 12.8 Å². The summed E-state index contributed by atoms with van der Waals surface area (Å²) in [5, 5.41) is 0. The number of nitrogens with two attached hydrogens (primary N) is 1. The molecule has 1 aromatic carbocycles. The zero-order chi connectivity index (χ0) is 15.5. The Labute approximate surface area is 124 Å². The Morgan fingerprint density at radius 3 is 2.86 bits per heavy atom. The van der Waals surface area contributed by atoms with Crippen LogP contribution in [0.3, 0.4) is 0 Å². The van der Waals surface area contributed by atoms with Gasteiger partial charge in [0.05, 0.1) is 11.0 Å². The molecule has 21 heavy (non-hydrogen) atoms. The van der Waals surface area contributed by atoms with Crippen LogP contribution in [0.1, 0.15) is 26.2 Å². The maximum Gasteiger partial charge on any atom is 0.243 e. The molecule has 7 heteroatoms. The van der Waals surface area contributed by atoms with Crippen LogP contribution in [0, 0.1) is 5.82 Å². The minimum atomic E-state index is -3.73. The Morgan fingerprint density at radius 2 is 2.19 bits per heavy atom. The van der Waals surface area contributed by atoms with Gasteiger partial charge in [-0.2, -0.15) is 4.31 Å². The third-order valence-corrected chi connectivity index (χ3v) is 5.27. The number of ether oxygens (including phenoxy) is 1. The van der Waals surface area contributed by atoms with Gasteiger partial charge >= 0.3 is 0 Å².